The van der Waals surface area contributed by atoms with Gasteiger partial charge < -0.3 is 14.4 Å². The number of rotatable bonds is 2. The molecule has 0 unspecified atom stereocenters. The van der Waals surface area contributed by atoms with Gasteiger partial charge in [0.05, 0.1) is 19.1 Å². The van der Waals surface area contributed by atoms with Crippen molar-refractivity contribution in [3.05, 3.63) is 40.8 Å². The van der Waals surface area contributed by atoms with E-state index >= 15 is 0 Å². The number of benzene rings is 1. The minimum Gasteiger partial charge on any atom is -0.497 e. The summed E-state index contributed by atoms with van der Waals surface area (Å²) in [5.41, 5.74) is 1.01. The molecule has 0 aliphatic carbocycles. The van der Waals surface area contributed by atoms with Crippen molar-refractivity contribution in [1.82, 2.24) is 9.97 Å². The first-order valence-corrected chi connectivity index (χ1v) is 9.02. The van der Waals surface area contributed by atoms with E-state index < -0.39 is 5.60 Å². The molecule has 1 fully saturated rings. The lowest BCUT2D eigenvalue weighted by molar-refractivity contribution is 0.0229. The molecule has 0 N–H and O–H groups in total. The van der Waals surface area contributed by atoms with E-state index in [0.717, 1.165) is 37.4 Å². The number of aromatic nitrogens is 2. The lowest BCUT2D eigenvalue weighted by Gasteiger charge is -2.44. The molecule has 4 rings (SSSR count). The van der Waals surface area contributed by atoms with Crippen LogP contribution < -0.4 is 14.4 Å². The zero-order valence-corrected chi connectivity index (χ0v) is 15.5. The summed E-state index contributed by atoms with van der Waals surface area (Å²) in [4.78, 5) is 23.2. The molecule has 2 aliphatic rings. The Balaban J connectivity index is 1.54. The Kier molecular flexibility index (Phi) is 4.23. The molecule has 0 amide bonds. The van der Waals surface area contributed by atoms with Crippen LogP contribution in [0.3, 0.4) is 0 Å². The highest BCUT2D eigenvalue weighted by atomic mass is 35.5. The average Bonchev–Trinajstić information content (AvgIpc) is 2.61. The largest absolute Gasteiger partial charge is 0.497 e. The van der Waals surface area contributed by atoms with E-state index in [1.54, 1.807) is 25.3 Å². The maximum atomic E-state index is 12.6. The lowest BCUT2D eigenvalue weighted by atomic mass is 9.82. The van der Waals surface area contributed by atoms with Crippen LogP contribution in [0.5, 0.6) is 11.5 Å². The number of hydrogen-bond acceptors (Lipinski definition) is 6. The molecule has 0 radical (unpaired) electrons. The van der Waals surface area contributed by atoms with Crippen molar-refractivity contribution in [2.75, 3.05) is 25.1 Å². The van der Waals surface area contributed by atoms with Crippen LogP contribution in [0.15, 0.2) is 24.3 Å². The molecule has 1 aromatic heterocycles. The molecule has 26 heavy (non-hydrogen) atoms. The zero-order chi connectivity index (χ0) is 18.3. The molecule has 136 valence electrons. The van der Waals surface area contributed by atoms with Crippen molar-refractivity contribution in [3.63, 3.8) is 0 Å². The van der Waals surface area contributed by atoms with E-state index in [2.05, 4.69) is 14.9 Å². The standard InChI is InChI=1S/C19H20ClN3O3/c1-12-9-17(22-18(20)21-12)23-7-5-19(6-8-23)11-15(24)14-4-3-13(25-2)10-16(14)26-19/h3-4,9-10H,5-8,11H2,1-2H3. The quantitative estimate of drug-likeness (QED) is 0.751. The van der Waals surface area contributed by atoms with E-state index in [-0.39, 0.29) is 11.1 Å². The van der Waals surface area contributed by atoms with Gasteiger partial charge in [-0.1, -0.05) is 0 Å². The number of carbonyl (C=O) groups excluding carboxylic acids is 1. The van der Waals surface area contributed by atoms with Gasteiger partial charge in [-0.3, -0.25) is 4.79 Å². The Morgan fingerprint density at radius 1 is 1.23 bits per heavy atom. The SMILES string of the molecule is COc1ccc2c(c1)OC1(CCN(c3cc(C)nc(Cl)n3)CC1)CC2=O. The molecule has 0 saturated carbocycles. The second-order valence-corrected chi connectivity index (χ2v) is 7.21. The summed E-state index contributed by atoms with van der Waals surface area (Å²) in [7, 11) is 1.61. The minimum atomic E-state index is -0.460. The highest BCUT2D eigenvalue weighted by Gasteiger charge is 2.43. The number of piperidine rings is 1. The highest BCUT2D eigenvalue weighted by molar-refractivity contribution is 6.28. The second-order valence-electron chi connectivity index (χ2n) is 6.87. The number of nitrogens with zero attached hydrogens (tertiary/aromatic N) is 3. The molecule has 0 atom stereocenters. The van der Waals surface area contributed by atoms with E-state index in [9.17, 15) is 4.79 Å². The van der Waals surface area contributed by atoms with Crippen LogP contribution in [0.1, 0.15) is 35.3 Å². The van der Waals surface area contributed by atoms with Crippen molar-refractivity contribution in [2.45, 2.75) is 31.8 Å². The second kappa shape index (κ2) is 6.43. The number of Topliss-reactive ketones (excluding diaryl/α,β-unsaturated/α-hetero) is 1. The summed E-state index contributed by atoms with van der Waals surface area (Å²) in [6.45, 7) is 3.40. The van der Waals surface area contributed by atoms with Crippen molar-refractivity contribution < 1.29 is 14.3 Å². The van der Waals surface area contributed by atoms with Crippen LogP contribution in [0.4, 0.5) is 5.82 Å². The summed E-state index contributed by atoms with van der Waals surface area (Å²) in [5, 5.41) is 0.255. The van der Waals surface area contributed by atoms with Gasteiger partial charge in [0.25, 0.3) is 0 Å². The Morgan fingerprint density at radius 2 is 2.00 bits per heavy atom. The molecular weight excluding hydrogens is 354 g/mol. The smallest absolute Gasteiger partial charge is 0.224 e. The number of anilines is 1. The number of aryl methyl sites for hydroxylation is 1. The van der Waals surface area contributed by atoms with Crippen LogP contribution in [0.2, 0.25) is 5.28 Å². The third-order valence-electron chi connectivity index (χ3n) is 5.11. The third kappa shape index (κ3) is 3.09. The average molecular weight is 374 g/mol. The van der Waals surface area contributed by atoms with E-state index in [0.29, 0.717) is 23.5 Å². The lowest BCUT2D eigenvalue weighted by Crippen LogP contribution is -2.51. The van der Waals surface area contributed by atoms with Gasteiger partial charge in [0, 0.05) is 43.8 Å². The summed E-state index contributed by atoms with van der Waals surface area (Å²) in [6, 6.07) is 7.30. The molecule has 2 aromatic rings. The van der Waals surface area contributed by atoms with Gasteiger partial charge in [-0.25, -0.2) is 9.97 Å². The predicted molar refractivity (Wildman–Crippen MR) is 98.5 cm³/mol. The molecule has 1 saturated heterocycles. The summed E-state index contributed by atoms with van der Waals surface area (Å²) in [5.74, 6) is 2.26. The van der Waals surface area contributed by atoms with Gasteiger partial charge in [-0.2, -0.15) is 0 Å². The topological polar surface area (TPSA) is 64.6 Å². The number of hydrogen-bond donors (Lipinski definition) is 0. The number of fused-ring (bicyclic) bond motifs is 1. The number of ether oxygens (including phenoxy) is 2. The summed E-state index contributed by atoms with van der Waals surface area (Å²) < 4.78 is 11.6. The summed E-state index contributed by atoms with van der Waals surface area (Å²) >= 11 is 5.99. The maximum Gasteiger partial charge on any atom is 0.224 e. The van der Waals surface area contributed by atoms with Crippen molar-refractivity contribution in [2.24, 2.45) is 0 Å². The predicted octanol–water partition coefficient (Wildman–Crippen LogP) is 3.45. The highest BCUT2D eigenvalue weighted by Crippen LogP contribution is 2.41. The van der Waals surface area contributed by atoms with E-state index in [1.807, 2.05) is 13.0 Å². The van der Waals surface area contributed by atoms with Gasteiger partial charge in [0.1, 0.15) is 22.9 Å². The van der Waals surface area contributed by atoms with Gasteiger partial charge >= 0.3 is 0 Å². The van der Waals surface area contributed by atoms with Crippen LogP contribution in [0.25, 0.3) is 0 Å². The van der Waals surface area contributed by atoms with Crippen LogP contribution in [-0.2, 0) is 0 Å². The molecule has 1 aromatic carbocycles. The molecule has 6 nitrogen and oxygen atoms in total. The number of halogens is 1. The van der Waals surface area contributed by atoms with Gasteiger partial charge in [-0.05, 0) is 30.7 Å². The summed E-state index contributed by atoms with van der Waals surface area (Å²) in [6.07, 6.45) is 1.90. The Labute approximate surface area is 157 Å². The fourth-order valence-corrected chi connectivity index (χ4v) is 3.92. The fourth-order valence-electron chi connectivity index (χ4n) is 3.70. The molecule has 1 spiro atoms. The van der Waals surface area contributed by atoms with Crippen LogP contribution in [0, 0.1) is 6.92 Å². The van der Waals surface area contributed by atoms with Crippen LogP contribution in [-0.4, -0.2) is 41.6 Å². The first kappa shape index (κ1) is 17.1. The van der Waals surface area contributed by atoms with E-state index in [1.165, 1.54) is 0 Å². The molecule has 2 aliphatic heterocycles. The maximum absolute atomic E-state index is 12.6. The number of methoxy groups -OCH3 is 1. The number of ketones is 1. The van der Waals surface area contributed by atoms with Crippen LogP contribution >= 0.6 is 11.6 Å². The van der Waals surface area contributed by atoms with Gasteiger partial charge in [0.2, 0.25) is 5.28 Å². The minimum absolute atomic E-state index is 0.128. The zero-order valence-electron chi connectivity index (χ0n) is 14.8. The molecule has 7 heteroatoms. The van der Waals surface area contributed by atoms with Crippen molar-refractivity contribution in [3.8, 4) is 11.5 Å². The molecule has 3 heterocycles. The Bertz CT molecular complexity index is 843. The van der Waals surface area contributed by atoms with Gasteiger partial charge in [0.15, 0.2) is 5.78 Å². The van der Waals surface area contributed by atoms with Gasteiger partial charge in [-0.15, -0.1) is 0 Å². The molecule has 0 bridgehead atoms. The van der Waals surface area contributed by atoms with E-state index in [4.69, 9.17) is 21.1 Å². The Hall–Kier alpha value is -2.34. The third-order valence-corrected chi connectivity index (χ3v) is 5.28. The normalized spacial score (nSPS) is 18.4. The van der Waals surface area contributed by atoms with Crippen molar-refractivity contribution >= 4 is 23.2 Å². The monoisotopic (exact) mass is 373 g/mol. The first-order valence-electron chi connectivity index (χ1n) is 8.64. The van der Waals surface area contributed by atoms with Crippen molar-refractivity contribution in [1.29, 1.82) is 0 Å². The Morgan fingerprint density at radius 3 is 2.69 bits per heavy atom. The first-order chi connectivity index (χ1) is 12.5. The fraction of sp³-hybridized carbons (Fsp3) is 0.421. The molecular formula is C19H20ClN3O3. The number of carbonyl (C=O) groups is 1.